The van der Waals surface area contributed by atoms with Crippen LogP contribution in [0.15, 0.2) is 102 Å². The molecule has 0 aliphatic carbocycles. The summed E-state index contributed by atoms with van der Waals surface area (Å²) in [7, 11) is 0. The van der Waals surface area contributed by atoms with Crippen LogP contribution in [0, 0.1) is 0 Å². The van der Waals surface area contributed by atoms with Gasteiger partial charge in [-0.1, -0.05) is 47.7 Å². The number of hydrogen-bond donors (Lipinski definition) is 0. The maximum absolute atomic E-state index is 13.6. The van der Waals surface area contributed by atoms with Crippen LogP contribution in [-0.2, 0) is 9.53 Å². The van der Waals surface area contributed by atoms with Gasteiger partial charge in [0.05, 0.1) is 28.5 Å². The van der Waals surface area contributed by atoms with E-state index in [0.717, 1.165) is 10.6 Å². The number of fused-ring (bicyclic) bond motifs is 1. The van der Waals surface area contributed by atoms with Crippen molar-refractivity contribution in [2.75, 3.05) is 6.61 Å². The lowest BCUT2D eigenvalue weighted by Gasteiger charge is -2.24. The van der Waals surface area contributed by atoms with Gasteiger partial charge in [-0.25, -0.2) is 14.8 Å². The molecule has 0 amide bonds. The first-order chi connectivity index (χ1) is 17.0. The van der Waals surface area contributed by atoms with Crippen molar-refractivity contribution in [3.05, 3.63) is 109 Å². The van der Waals surface area contributed by atoms with Crippen molar-refractivity contribution >= 4 is 35.1 Å². The van der Waals surface area contributed by atoms with E-state index in [2.05, 4.69) is 9.98 Å². The molecule has 3 aromatic heterocycles. The van der Waals surface area contributed by atoms with E-state index in [1.165, 1.54) is 23.1 Å². The average Bonchev–Trinajstić information content (AvgIpc) is 3.43. The molecule has 1 atom stereocenters. The predicted octanol–water partition coefficient (Wildman–Crippen LogP) is 3.94. The third-order valence-corrected chi connectivity index (χ3v) is 7.20. The van der Waals surface area contributed by atoms with Crippen LogP contribution in [0.3, 0.4) is 0 Å². The second-order valence-electron chi connectivity index (χ2n) is 7.64. The second kappa shape index (κ2) is 9.89. The number of carbonyl (C=O) groups excluding carboxylic acids is 1. The number of carbonyl (C=O) groups is 1. The molecule has 0 saturated heterocycles. The topological polar surface area (TPSA) is 86.7 Å². The largest absolute Gasteiger partial charge is 0.463 e. The van der Waals surface area contributed by atoms with E-state index in [-0.39, 0.29) is 12.2 Å². The molecule has 0 bridgehead atoms. The molecule has 176 valence electrons. The van der Waals surface area contributed by atoms with Gasteiger partial charge in [0.25, 0.3) is 5.56 Å². The van der Waals surface area contributed by atoms with E-state index in [0.29, 0.717) is 31.5 Å². The van der Waals surface area contributed by atoms with Crippen LogP contribution in [0.25, 0.3) is 6.08 Å². The van der Waals surface area contributed by atoms with E-state index in [1.807, 2.05) is 60.7 Å². The predicted molar refractivity (Wildman–Crippen MR) is 134 cm³/mol. The minimum atomic E-state index is -0.625. The summed E-state index contributed by atoms with van der Waals surface area (Å²) in [6, 6.07) is 18.2. The monoisotopic (exact) mass is 503 g/mol. The highest BCUT2D eigenvalue weighted by atomic mass is 32.2. The molecule has 0 saturated carbocycles. The molecule has 0 N–H and O–H groups in total. The fourth-order valence-electron chi connectivity index (χ4n) is 3.85. The molecule has 4 heterocycles. The highest BCUT2D eigenvalue weighted by molar-refractivity contribution is 7.99. The highest BCUT2D eigenvalue weighted by Gasteiger charge is 2.33. The van der Waals surface area contributed by atoms with Crippen LogP contribution in [0.1, 0.15) is 31.2 Å². The summed E-state index contributed by atoms with van der Waals surface area (Å²) in [5.74, 6) is 0.0744. The number of ether oxygens (including phenoxy) is 1. The summed E-state index contributed by atoms with van der Waals surface area (Å²) >= 11 is 2.66. The van der Waals surface area contributed by atoms with Gasteiger partial charge in [0, 0.05) is 12.3 Å². The number of benzene rings is 1. The number of aromatic nitrogens is 2. The first-order valence-corrected chi connectivity index (χ1v) is 12.6. The van der Waals surface area contributed by atoms with Crippen molar-refractivity contribution in [3.63, 3.8) is 0 Å². The molecule has 1 aliphatic rings. The fourth-order valence-corrected chi connectivity index (χ4v) is 5.62. The van der Waals surface area contributed by atoms with E-state index in [1.54, 1.807) is 30.7 Å². The zero-order chi connectivity index (χ0) is 24.4. The number of esters is 1. The zero-order valence-corrected chi connectivity index (χ0v) is 20.6. The van der Waals surface area contributed by atoms with E-state index >= 15 is 0 Å². The first kappa shape index (κ1) is 23.1. The molecule has 1 aliphatic heterocycles. The summed E-state index contributed by atoms with van der Waals surface area (Å²) < 4.78 is 13.3. The zero-order valence-electron chi connectivity index (χ0n) is 19.0. The lowest BCUT2D eigenvalue weighted by molar-refractivity contribution is -0.139. The van der Waals surface area contributed by atoms with Gasteiger partial charge in [-0.05, 0) is 55.4 Å². The van der Waals surface area contributed by atoms with Crippen LogP contribution < -0.4 is 14.9 Å². The Morgan fingerprint density at radius 1 is 1.17 bits per heavy atom. The van der Waals surface area contributed by atoms with Crippen LogP contribution in [-0.4, -0.2) is 22.1 Å². The summed E-state index contributed by atoms with van der Waals surface area (Å²) in [4.78, 5) is 35.9. The number of pyridine rings is 1. The minimum Gasteiger partial charge on any atom is -0.463 e. The Hall–Kier alpha value is -3.69. The molecule has 1 aromatic carbocycles. The van der Waals surface area contributed by atoms with Gasteiger partial charge in [-0.3, -0.25) is 9.36 Å². The van der Waals surface area contributed by atoms with Crippen molar-refractivity contribution in [1.82, 2.24) is 9.55 Å². The quantitative estimate of drug-likeness (QED) is 0.371. The average molecular weight is 504 g/mol. The number of nitrogens with zero attached hydrogens (tertiary/aromatic N) is 3. The van der Waals surface area contributed by atoms with Gasteiger partial charge in [0.2, 0.25) is 0 Å². The number of hydrogen-bond acceptors (Lipinski definition) is 8. The Balaban J connectivity index is 1.58. The molecule has 4 aromatic rings. The SMILES string of the molecule is CCOC(=O)C1=C(C)N=c2s/c(=C\c3ccc(Sc4ccccn4)o3)c(=O)n2[C@H]1c1ccccc1. The molecule has 5 rings (SSSR count). The van der Waals surface area contributed by atoms with Crippen molar-refractivity contribution in [2.24, 2.45) is 4.99 Å². The lowest BCUT2D eigenvalue weighted by Crippen LogP contribution is -2.39. The highest BCUT2D eigenvalue weighted by Crippen LogP contribution is 2.31. The molecule has 7 nitrogen and oxygen atoms in total. The number of rotatable bonds is 6. The van der Waals surface area contributed by atoms with Gasteiger partial charge in [-0.2, -0.15) is 0 Å². The van der Waals surface area contributed by atoms with Crippen LogP contribution in [0.5, 0.6) is 0 Å². The lowest BCUT2D eigenvalue weighted by atomic mass is 9.96. The van der Waals surface area contributed by atoms with Crippen molar-refractivity contribution in [2.45, 2.75) is 30.0 Å². The Bertz CT molecular complexity index is 1580. The Morgan fingerprint density at radius 2 is 1.97 bits per heavy atom. The van der Waals surface area contributed by atoms with Gasteiger partial charge in [-0.15, -0.1) is 0 Å². The Kier molecular flexibility index (Phi) is 6.52. The van der Waals surface area contributed by atoms with E-state index in [9.17, 15) is 9.59 Å². The number of thiazole rings is 1. The maximum atomic E-state index is 13.6. The van der Waals surface area contributed by atoms with Gasteiger partial charge >= 0.3 is 5.97 Å². The molecule has 0 fully saturated rings. The maximum Gasteiger partial charge on any atom is 0.338 e. The third-order valence-electron chi connectivity index (χ3n) is 5.35. The second-order valence-corrected chi connectivity index (χ2v) is 9.67. The normalized spacial score (nSPS) is 15.6. The first-order valence-electron chi connectivity index (χ1n) is 11.0. The Labute approximate surface area is 209 Å². The fraction of sp³-hybridized carbons (Fsp3) is 0.154. The molecule has 35 heavy (non-hydrogen) atoms. The summed E-state index contributed by atoms with van der Waals surface area (Å²) in [6.45, 7) is 3.76. The van der Waals surface area contributed by atoms with Crippen LogP contribution in [0.4, 0.5) is 0 Å². The molecule has 9 heteroatoms. The third kappa shape index (κ3) is 4.65. The van der Waals surface area contributed by atoms with Crippen LogP contribution >= 0.6 is 23.1 Å². The minimum absolute atomic E-state index is 0.235. The van der Waals surface area contributed by atoms with Crippen molar-refractivity contribution in [1.29, 1.82) is 0 Å². The molecule has 0 unspecified atom stereocenters. The van der Waals surface area contributed by atoms with Gasteiger partial charge in [0.15, 0.2) is 9.89 Å². The summed E-state index contributed by atoms with van der Waals surface area (Å²) in [5.41, 5.74) is 1.47. The summed E-state index contributed by atoms with van der Waals surface area (Å²) in [5, 5.41) is 1.49. The van der Waals surface area contributed by atoms with Crippen molar-refractivity contribution < 1.29 is 13.9 Å². The molecule has 0 radical (unpaired) electrons. The van der Waals surface area contributed by atoms with Gasteiger partial charge < -0.3 is 9.15 Å². The van der Waals surface area contributed by atoms with Gasteiger partial charge in [0.1, 0.15) is 10.8 Å². The molecule has 0 spiro atoms. The van der Waals surface area contributed by atoms with Crippen LogP contribution in [0.2, 0.25) is 0 Å². The smallest absolute Gasteiger partial charge is 0.338 e. The Morgan fingerprint density at radius 3 is 2.71 bits per heavy atom. The number of allylic oxidation sites excluding steroid dienone is 1. The molecular formula is C26H21N3O4S2. The van der Waals surface area contributed by atoms with E-state index in [4.69, 9.17) is 9.15 Å². The standard InChI is InChI=1S/C26H21N3O4S2/c1-3-32-25(31)22-16(2)28-26-29(23(22)17-9-5-4-6-10-17)24(30)19(34-26)15-18-12-13-21(33-18)35-20-11-7-8-14-27-20/h4-15,23H,3H2,1-2H3/b19-15-/t23-/m0/s1. The number of furan rings is 1. The van der Waals surface area contributed by atoms with E-state index < -0.39 is 12.0 Å². The summed E-state index contributed by atoms with van der Waals surface area (Å²) in [6.07, 6.45) is 3.43. The molecular weight excluding hydrogens is 482 g/mol. The van der Waals surface area contributed by atoms with Crippen molar-refractivity contribution in [3.8, 4) is 0 Å².